The van der Waals surface area contributed by atoms with E-state index in [2.05, 4.69) is 12.2 Å². The number of para-hydroxylation sites is 1. The van der Waals surface area contributed by atoms with Gasteiger partial charge in [0.1, 0.15) is 4.90 Å². The maximum atomic E-state index is 11.4. The highest BCUT2D eigenvalue weighted by molar-refractivity contribution is 7.89. The van der Waals surface area contributed by atoms with Crippen molar-refractivity contribution in [1.29, 1.82) is 0 Å². The van der Waals surface area contributed by atoms with E-state index >= 15 is 0 Å². The molecular formula is C12H19N3O2S. The van der Waals surface area contributed by atoms with Crippen molar-refractivity contribution in [2.24, 2.45) is 11.1 Å². The van der Waals surface area contributed by atoms with Crippen LogP contribution in [0.25, 0.3) is 0 Å². The van der Waals surface area contributed by atoms with E-state index in [1.807, 2.05) is 0 Å². The summed E-state index contributed by atoms with van der Waals surface area (Å²) in [6.07, 6.45) is 3.69. The zero-order chi connectivity index (χ0) is 13.3. The minimum Gasteiger partial charge on any atom is -0.396 e. The first-order valence-corrected chi connectivity index (χ1v) is 7.62. The van der Waals surface area contributed by atoms with E-state index in [0.29, 0.717) is 11.6 Å². The highest BCUT2D eigenvalue weighted by atomic mass is 32.2. The Bertz CT molecular complexity index is 538. The summed E-state index contributed by atoms with van der Waals surface area (Å²) >= 11 is 0. The Hall–Kier alpha value is -1.27. The van der Waals surface area contributed by atoms with Crippen LogP contribution in [0, 0.1) is 5.92 Å². The van der Waals surface area contributed by atoms with E-state index in [-0.39, 0.29) is 16.6 Å². The molecule has 0 saturated heterocycles. The highest BCUT2D eigenvalue weighted by Crippen LogP contribution is 2.33. The number of nitrogen functional groups attached to an aromatic ring is 1. The first-order chi connectivity index (χ1) is 8.39. The maximum Gasteiger partial charge on any atom is 0.240 e. The molecule has 0 amide bonds. The molecule has 5 N–H and O–H groups in total. The average molecular weight is 269 g/mol. The number of anilines is 2. The summed E-state index contributed by atoms with van der Waals surface area (Å²) in [5, 5.41) is 8.40. The monoisotopic (exact) mass is 269 g/mol. The second kappa shape index (κ2) is 4.78. The molecule has 1 aliphatic rings. The van der Waals surface area contributed by atoms with Crippen LogP contribution in [-0.2, 0) is 10.0 Å². The number of sulfonamides is 1. The van der Waals surface area contributed by atoms with Crippen LogP contribution in [0.1, 0.15) is 26.2 Å². The molecule has 1 atom stereocenters. The quantitative estimate of drug-likeness (QED) is 0.722. The van der Waals surface area contributed by atoms with Crippen molar-refractivity contribution < 1.29 is 8.42 Å². The Labute approximate surface area is 108 Å². The molecule has 1 saturated carbocycles. The Morgan fingerprint density at radius 2 is 2.06 bits per heavy atom. The van der Waals surface area contributed by atoms with E-state index in [0.717, 1.165) is 0 Å². The zero-order valence-corrected chi connectivity index (χ0v) is 11.2. The average Bonchev–Trinajstić information content (AvgIpc) is 2.16. The largest absolute Gasteiger partial charge is 0.396 e. The minimum absolute atomic E-state index is 0.0201. The van der Waals surface area contributed by atoms with Crippen molar-refractivity contribution >= 4 is 21.4 Å². The number of hydrogen-bond acceptors (Lipinski definition) is 4. The van der Waals surface area contributed by atoms with Crippen molar-refractivity contribution in [3.63, 3.8) is 0 Å². The van der Waals surface area contributed by atoms with Gasteiger partial charge >= 0.3 is 0 Å². The fraction of sp³-hybridized carbons (Fsp3) is 0.500. The first-order valence-electron chi connectivity index (χ1n) is 6.07. The summed E-state index contributed by atoms with van der Waals surface area (Å²) in [7, 11) is -3.77. The summed E-state index contributed by atoms with van der Waals surface area (Å²) in [4.78, 5) is -0.0201. The van der Waals surface area contributed by atoms with E-state index in [4.69, 9.17) is 10.9 Å². The zero-order valence-electron chi connectivity index (χ0n) is 10.4. The van der Waals surface area contributed by atoms with Crippen molar-refractivity contribution in [1.82, 2.24) is 0 Å². The molecule has 100 valence electrons. The maximum absolute atomic E-state index is 11.4. The second-order valence-electron chi connectivity index (χ2n) is 4.89. The van der Waals surface area contributed by atoms with Crippen molar-refractivity contribution in [3.8, 4) is 0 Å². The number of hydrogen-bond donors (Lipinski definition) is 3. The van der Waals surface area contributed by atoms with E-state index in [1.165, 1.54) is 25.3 Å². The molecule has 0 radical (unpaired) electrons. The molecule has 6 heteroatoms. The number of primary sulfonamides is 1. The summed E-state index contributed by atoms with van der Waals surface area (Å²) in [5.41, 5.74) is 6.70. The van der Waals surface area contributed by atoms with Gasteiger partial charge in [0.15, 0.2) is 0 Å². The van der Waals surface area contributed by atoms with Gasteiger partial charge in [-0.25, -0.2) is 13.6 Å². The smallest absolute Gasteiger partial charge is 0.240 e. The molecule has 1 aliphatic carbocycles. The normalized spacial score (nSPS) is 18.1. The van der Waals surface area contributed by atoms with Crippen LogP contribution in [0.15, 0.2) is 23.1 Å². The molecule has 18 heavy (non-hydrogen) atoms. The van der Waals surface area contributed by atoms with Gasteiger partial charge in [0.2, 0.25) is 10.0 Å². The molecule has 1 unspecified atom stereocenters. The Morgan fingerprint density at radius 3 is 2.56 bits per heavy atom. The lowest BCUT2D eigenvalue weighted by molar-refractivity contribution is 0.285. The van der Waals surface area contributed by atoms with Crippen LogP contribution in [0.2, 0.25) is 0 Å². The molecule has 1 fully saturated rings. The molecule has 0 spiro atoms. The predicted octanol–water partition coefficient (Wildman–Crippen LogP) is 1.52. The lowest BCUT2D eigenvalue weighted by Gasteiger charge is -2.32. The van der Waals surface area contributed by atoms with Gasteiger partial charge in [-0.15, -0.1) is 0 Å². The van der Waals surface area contributed by atoms with Gasteiger partial charge in [-0.2, -0.15) is 0 Å². The van der Waals surface area contributed by atoms with E-state index in [1.54, 1.807) is 12.1 Å². The topological polar surface area (TPSA) is 98.2 Å². The number of nitrogens with two attached hydrogens (primary N) is 2. The SMILES string of the molecule is CC(Nc1cccc(S(N)(=O)=O)c1N)C1CCC1. The van der Waals surface area contributed by atoms with Gasteiger partial charge in [0.25, 0.3) is 0 Å². The van der Waals surface area contributed by atoms with Gasteiger partial charge in [0.05, 0.1) is 11.4 Å². The van der Waals surface area contributed by atoms with Crippen molar-refractivity contribution in [2.75, 3.05) is 11.1 Å². The lowest BCUT2D eigenvalue weighted by atomic mass is 9.80. The van der Waals surface area contributed by atoms with Gasteiger partial charge in [0, 0.05) is 6.04 Å². The minimum atomic E-state index is -3.77. The van der Waals surface area contributed by atoms with Gasteiger partial charge < -0.3 is 11.1 Å². The molecule has 0 bridgehead atoms. The van der Waals surface area contributed by atoms with Gasteiger partial charge in [-0.05, 0) is 37.8 Å². The Morgan fingerprint density at radius 1 is 1.39 bits per heavy atom. The van der Waals surface area contributed by atoms with Crippen LogP contribution in [0.5, 0.6) is 0 Å². The Kier molecular flexibility index (Phi) is 3.49. The molecule has 2 rings (SSSR count). The predicted molar refractivity (Wildman–Crippen MR) is 72.7 cm³/mol. The lowest BCUT2D eigenvalue weighted by Crippen LogP contribution is -2.31. The Balaban J connectivity index is 2.23. The van der Waals surface area contributed by atoms with Gasteiger partial charge in [-0.1, -0.05) is 12.5 Å². The number of nitrogens with one attached hydrogen (secondary N) is 1. The molecule has 0 aliphatic heterocycles. The first kappa shape index (κ1) is 13.2. The van der Waals surface area contributed by atoms with Crippen LogP contribution in [0.4, 0.5) is 11.4 Å². The molecule has 5 nitrogen and oxygen atoms in total. The van der Waals surface area contributed by atoms with E-state index < -0.39 is 10.0 Å². The van der Waals surface area contributed by atoms with Crippen molar-refractivity contribution in [2.45, 2.75) is 37.1 Å². The molecule has 0 aromatic heterocycles. The van der Waals surface area contributed by atoms with Crippen LogP contribution >= 0.6 is 0 Å². The fourth-order valence-electron chi connectivity index (χ4n) is 2.22. The van der Waals surface area contributed by atoms with Crippen LogP contribution < -0.4 is 16.2 Å². The summed E-state index contributed by atoms with van der Waals surface area (Å²) in [6, 6.07) is 5.13. The third kappa shape index (κ3) is 2.59. The van der Waals surface area contributed by atoms with Gasteiger partial charge in [-0.3, -0.25) is 0 Å². The third-order valence-electron chi connectivity index (χ3n) is 3.61. The summed E-state index contributed by atoms with van der Waals surface area (Å²) < 4.78 is 22.7. The molecule has 1 aromatic rings. The second-order valence-corrected chi connectivity index (χ2v) is 6.42. The third-order valence-corrected chi connectivity index (χ3v) is 4.58. The number of benzene rings is 1. The summed E-state index contributed by atoms with van der Waals surface area (Å²) in [5.74, 6) is 0.641. The standard InChI is InChI=1S/C12H19N3O2S/c1-8(9-4-2-5-9)15-10-6-3-7-11(12(10)13)18(14,16)17/h3,6-9,15H,2,4-5,13H2,1H3,(H2,14,16,17). The van der Waals surface area contributed by atoms with E-state index in [9.17, 15) is 8.42 Å². The molecule has 0 heterocycles. The molecule has 1 aromatic carbocycles. The fourth-order valence-corrected chi connectivity index (χ4v) is 2.91. The van der Waals surface area contributed by atoms with Crippen LogP contribution in [-0.4, -0.2) is 14.5 Å². The molecular weight excluding hydrogens is 250 g/mol. The summed E-state index contributed by atoms with van der Waals surface area (Å²) in [6.45, 7) is 2.09. The van der Waals surface area contributed by atoms with Crippen LogP contribution in [0.3, 0.4) is 0 Å². The number of rotatable bonds is 4. The van der Waals surface area contributed by atoms with Crippen molar-refractivity contribution in [3.05, 3.63) is 18.2 Å². The highest BCUT2D eigenvalue weighted by Gasteiger charge is 2.24.